The predicted molar refractivity (Wildman–Crippen MR) is 86.1 cm³/mol. The minimum Gasteiger partial charge on any atom is -0.389 e. The van der Waals surface area contributed by atoms with Crippen molar-refractivity contribution in [3.8, 4) is 0 Å². The van der Waals surface area contributed by atoms with Crippen LogP contribution in [0.25, 0.3) is 0 Å². The average molecular weight is 284 g/mol. The molecule has 2 aromatic carbocycles. The smallest absolute Gasteiger partial charge is 0.255 e. The monoisotopic (exact) mass is 284 g/mol. The summed E-state index contributed by atoms with van der Waals surface area (Å²) in [5.41, 5.74) is 8.73. The SMILES string of the molecule is CCc1ccccc1C(=O)Nc1cccc(C(N)=S)c1. The van der Waals surface area contributed by atoms with E-state index in [1.807, 2.05) is 49.4 Å². The van der Waals surface area contributed by atoms with Crippen LogP contribution in [0.15, 0.2) is 48.5 Å². The topological polar surface area (TPSA) is 55.1 Å². The first-order valence-corrected chi connectivity index (χ1v) is 6.81. The van der Waals surface area contributed by atoms with Crippen LogP contribution in [0.4, 0.5) is 5.69 Å². The van der Waals surface area contributed by atoms with E-state index in [1.54, 1.807) is 6.07 Å². The lowest BCUT2D eigenvalue weighted by atomic mass is 10.0. The molecule has 1 amide bonds. The van der Waals surface area contributed by atoms with Gasteiger partial charge in [0.25, 0.3) is 5.91 Å². The standard InChI is InChI=1S/C16H16N2OS/c1-2-11-6-3-4-9-14(11)16(19)18-13-8-5-7-12(10-13)15(17)20/h3-10H,2H2,1H3,(H2,17,20)(H,18,19). The number of rotatable bonds is 4. The second kappa shape index (κ2) is 6.30. The van der Waals surface area contributed by atoms with Crippen LogP contribution in [0, 0.1) is 0 Å². The summed E-state index contributed by atoms with van der Waals surface area (Å²) in [6.07, 6.45) is 0.816. The number of anilines is 1. The molecule has 0 aliphatic carbocycles. The quantitative estimate of drug-likeness (QED) is 0.848. The largest absolute Gasteiger partial charge is 0.389 e. The molecule has 0 saturated carbocycles. The molecule has 2 aromatic rings. The summed E-state index contributed by atoms with van der Waals surface area (Å²) < 4.78 is 0. The highest BCUT2D eigenvalue weighted by atomic mass is 32.1. The van der Waals surface area contributed by atoms with E-state index in [0.717, 1.165) is 17.5 Å². The molecule has 0 aromatic heterocycles. The van der Waals surface area contributed by atoms with Gasteiger partial charge >= 0.3 is 0 Å². The molecule has 0 saturated heterocycles. The second-order valence-electron chi connectivity index (χ2n) is 4.41. The molecule has 4 heteroatoms. The Bertz CT molecular complexity index is 652. The number of hydrogen-bond donors (Lipinski definition) is 2. The fourth-order valence-electron chi connectivity index (χ4n) is 2.00. The van der Waals surface area contributed by atoms with Gasteiger partial charge in [-0.2, -0.15) is 0 Å². The number of nitrogens with two attached hydrogens (primary N) is 1. The summed E-state index contributed by atoms with van der Waals surface area (Å²) in [6, 6.07) is 14.8. The highest BCUT2D eigenvalue weighted by molar-refractivity contribution is 7.80. The van der Waals surface area contributed by atoms with Crippen LogP contribution in [-0.4, -0.2) is 10.9 Å². The third-order valence-electron chi connectivity index (χ3n) is 3.05. The van der Waals surface area contributed by atoms with Crippen molar-refractivity contribution in [3.05, 3.63) is 65.2 Å². The van der Waals surface area contributed by atoms with Gasteiger partial charge in [0.2, 0.25) is 0 Å². The Kier molecular flexibility index (Phi) is 4.48. The van der Waals surface area contributed by atoms with Crippen molar-refractivity contribution >= 4 is 28.8 Å². The maximum Gasteiger partial charge on any atom is 0.255 e. The van der Waals surface area contributed by atoms with Gasteiger partial charge in [-0.3, -0.25) is 4.79 Å². The summed E-state index contributed by atoms with van der Waals surface area (Å²) in [5.74, 6) is -0.123. The molecular weight excluding hydrogens is 268 g/mol. The lowest BCUT2D eigenvalue weighted by Crippen LogP contribution is -2.15. The Morgan fingerprint density at radius 3 is 2.65 bits per heavy atom. The third-order valence-corrected chi connectivity index (χ3v) is 3.28. The molecule has 0 bridgehead atoms. The zero-order chi connectivity index (χ0) is 14.5. The number of thiocarbonyl (C=S) groups is 1. The van der Waals surface area contributed by atoms with E-state index in [-0.39, 0.29) is 5.91 Å². The molecule has 102 valence electrons. The van der Waals surface area contributed by atoms with Crippen LogP contribution in [0.1, 0.15) is 28.4 Å². The zero-order valence-corrected chi connectivity index (χ0v) is 12.0. The third kappa shape index (κ3) is 3.22. The molecule has 0 unspecified atom stereocenters. The number of aryl methyl sites for hydroxylation is 1. The van der Waals surface area contributed by atoms with Gasteiger partial charge < -0.3 is 11.1 Å². The number of carbonyl (C=O) groups excluding carboxylic acids is 1. The van der Waals surface area contributed by atoms with E-state index in [2.05, 4.69) is 5.32 Å². The van der Waals surface area contributed by atoms with E-state index in [0.29, 0.717) is 16.2 Å². The molecule has 2 rings (SSSR count). The molecule has 0 radical (unpaired) electrons. The number of amides is 1. The van der Waals surface area contributed by atoms with E-state index in [4.69, 9.17) is 18.0 Å². The minimum absolute atomic E-state index is 0.123. The Morgan fingerprint density at radius 1 is 1.20 bits per heavy atom. The highest BCUT2D eigenvalue weighted by Crippen LogP contribution is 2.15. The molecule has 0 heterocycles. The van der Waals surface area contributed by atoms with Crippen molar-refractivity contribution in [2.24, 2.45) is 5.73 Å². The first-order chi connectivity index (χ1) is 9.61. The maximum atomic E-state index is 12.3. The second-order valence-corrected chi connectivity index (χ2v) is 4.85. The van der Waals surface area contributed by atoms with E-state index < -0.39 is 0 Å². The number of benzene rings is 2. The van der Waals surface area contributed by atoms with Crippen LogP contribution < -0.4 is 11.1 Å². The van der Waals surface area contributed by atoms with Crippen LogP contribution in [0.3, 0.4) is 0 Å². The van der Waals surface area contributed by atoms with Gasteiger partial charge in [0.1, 0.15) is 4.99 Å². The van der Waals surface area contributed by atoms with Crippen LogP contribution in [-0.2, 0) is 6.42 Å². The number of nitrogens with one attached hydrogen (secondary N) is 1. The van der Waals surface area contributed by atoms with Crippen LogP contribution in [0.2, 0.25) is 0 Å². The predicted octanol–water partition coefficient (Wildman–Crippen LogP) is 3.14. The average Bonchev–Trinajstić information content (AvgIpc) is 2.47. The van der Waals surface area contributed by atoms with Crippen LogP contribution >= 0.6 is 12.2 Å². The molecule has 0 aliphatic heterocycles. The normalized spacial score (nSPS) is 10.1. The van der Waals surface area contributed by atoms with Crippen molar-refractivity contribution in [1.82, 2.24) is 0 Å². The maximum absolute atomic E-state index is 12.3. The Hall–Kier alpha value is -2.20. The molecule has 0 aliphatic rings. The molecule has 3 nitrogen and oxygen atoms in total. The molecule has 0 atom stereocenters. The van der Waals surface area contributed by atoms with Gasteiger partial charge in [0, 0.05) is 16.8 Å². The van der Waals surface area contributed by atoms with Crippen molar-refractivity contribution in [3.63, 3.8) is 0 Å². The van der Waals surface area contributed by atoms with Gasteiger partial charge in [-0.05, 0) is 30.2 Å². The van der Waals surface area contributed by atoms with Crippen molar-refractivity contribution in [1.29, 1.82) is 0 Å². The Labute approximate surface area is 123 Å². The summed E-state index contributed by atoms with van der Waals surface area (Å²) in [6.45, 7) is 2.03. The number of carbonyl (C=O) groups is 1. The van der Waals surface area contributed by atoms with Gasteiger partial charge in [-0.1, -0.05) is 49.5 Å². The zero-order valence-electron chi connectivity index (χ0n) is 11.2. The summed E-state index contributed by atoms with van der Waals surface area (Å²) in [5, 5.41) is 2.87. The van der Waals surface area contributed by atoms with E-state index >= 15 is 0 Å². The fraction of sp³-hybridized carbons (Fsp3) is 0.125. The molecule has 0 fully saturated rings. The summed E-state index contributed by atoms with van der Waals surface area (Å²) >= 11 is 4.93. The van der Waals surface area contributed by atoms with Crippen molar-refractivity contribution < 1.29 is 4.79 Å². The Morgan fingerprint density at radius 2 is 1.95 bits per heavy atom. The minimum atomic E-state index is -0.123. The van der Waals surface area contributed by atoms with Gasteiger partial charge in [0.15, 0.2) is 0 Å². The Balaban J connectivity index is 2.23. The van der Waals surface area contributed by atoms with E-state index in [9.17, 15) is 4.79 Å². The summed E-state index contributed by atoms with van der Waals surface area (Å²) in [4.78, 5) is 12.6. The molecule has 0 spiro atoms. The first kappa shape index (κ1) is 14.2. The van der Waals surface area contributed by atoms with Crippen molar-refractivity contribution in [2.45, 2.75) is 13.3 Å². The number of hydrogen-bond acceptors (Lipinski definition) is 2. The van der Waals surface area contributed by atoms with Gasteiger partial charge in [-0.15, -0.1) is 0 Å². The summed E-state index contributed by atoms with van der Waals surface area (Å²) in [7, 11) is 0. The highest BCUT2D eigenvalue weighted by Gasteiger charge is 2.10. The van der Waals surface area contributed by atoms with E-state index in [1.165, 1.54) is 0 Å². The molecular formula is C16H16N2OS. The lowest BCUT2D eigenvalue weighted by Gasteiger charge is -2.09. The van der Waals surface area contributed by atoms with Gasteiger partial charge in [-0.25, -0.2) is 0 Å². The van der Waals surface area contributed by atoms with Crippen LogP contribution in [0.5, 0.6) is 0 Å². The molecule has 20 heavy (non-hydrogen) atoms. The molecule has 3 N–H and O–H groups in total. The fourth-order valence-corrected chi connectivity index (χ4v) is 2.13. The lowest BCUT2D eigenvalue weighted by molar-refractivity contribution is 0.102. The van der Waals surface area contributed by atoms with Gasteiger partial charge in [0.05, 0.1) is 0 Å². The van der Waals surface area contributed by atoms with Crippen molar-refractivity contribution in [2.75, 3.05) is 5.32 Å². The first-order valence-electron chi connectivity index (χ1n) is 6.41.